The van der Waals surface area contributed by atoms with E-state index in [-0.39, 0.29) is 17.1 Å². The van der Waals surface area contributed by atoms with Crippen LogP contribution in [0.5, 0.6) is 11.5 Å². The number of ether oxygens (including phenoxy) is 1. The van der Waals surface area contributed by atoms with Crippen molar-refractivity contribution in [2.45, 2.75) is 31.1 Å². The first kappa shape index (κ1) is 13.2. The number of hydrogen-bond donors (Lipinski definition) is 2. The summed E-state index contributed by atoms with van der Waals surface area (Å²) in [6.07, 6.45) is 2.72. The molecule has 0 unspecified atom stereocenters. The number of nitriles is 1. The van der Waals surface area contributed by atoms with Crippen molar-refractivity contribution in [1.82, 2.24) is 0 Å². The lowest BCUT2D eigenvalue weighted by atomic mass is 9.78. The van der Waals surface area contributed by atoms with Gasteiger partial charge in [0.05, 0.1) is 18.1 Å². The molecule has 2 N–H and O–H groups in total. The molecule has 1 fully saturated rings. The highest BCUT2D eigenvalue weighted by molar-refractivity contribution is 5.82. The molecular formula is C14H15NO4. The maximum Gasteiger partial charge on any atom is 0.314 e. The van der Waals surface area contributed by atoms with Gasteiger partial charge in [0.25, 0.3) is 0 Å². The van der Waals surface area contributed by atoms with Crippen LogP contribution in [0.15, 0.2) is 12.1 Å². The summed E-state index contributed by atoms with van der Waals surface area (Å²) in [5.74, 6) is -1.01. The molecule has 5 nitrogen and oxygen atoms in total. The van der Waals surface area contributed by atoms with Crippen molar-refractivity contribution in [3.8, 4) is 17.6 Å². The molecule has 0 amide bonds. The lowest BCUT2D eigenvalue weighted by Crippen LogP contribution is -2.32. The molecule has 5 heteroatoms. The van der Waals surface area contributed by atoms with E-state index in [2.05, 4.69) is 0 Å². The Kier molecular flexibility index (Phi) is 3.34. The summed E-state index contributed by atoms with van der Waals surface area (Å²) in [5.41, 5.74) is -0.354. The molecule has 1 saturated carbocycles. The van der Waals surface area contributed by atoms with E-state index in [9.17, 15) is 15.0 Å². The van der Waals surface area contributed by atoms with Crippen molar-refractivity contribution in [1.29, 1.82) is 5.26 Å². The van der Waals surface area contributed by atoms with Crippen LogP contribution < -0.4 is 4.74 Å². The number of benzene rings is 1. The second-order valence-electron chi connectivity index (χ2n) is 4.78. The van der Waals surface area contributed by atoms with E-state index in [0.29, 0.717) is 18.4 Å². The Hall–Kier alpha value is -2.22. The molecule has 0 heterocycles. The number of methoxy groups -OCH3 is 1. The molecule has 0 radical (unpaired) electrons. The molecule has 0 aromatic heterocycles. The number of phenolic OH excluding ortho intramolecular Hbond substituents is 1. The first-order valence-electron chi connectivity index (χ1n) is 6.10. The highest BCUT2D eigenvalue weighted by Gasteiger charge is 2.43. The van der Waals surface area contributed by atoms with Crippen molar-refractivity contribution in [3.63, 3.8) is 0 Å². The summed E-state index contributed by atoms with van der Waals surface area (Å²) in [5, 5.41) is 28.5. The smallest absolute Gasteiger partial charge is 0.314 e. The molecular weight excluding hydrogens is 246 g/mol. The van der Waals surface area contributed by atoms with Crippen molar-refractivity contribution >= 4 is 5.97 Å². The number of phenols is 1. The number of nitrogens with zero attached hydrogens (tertiary/aromatic N) is 1. The largest absolute Gasteiger partial charge is 0.504 e. The number of carboxylic acids is 1. The normalized spacial score (nSPS) is 16.8. The number of aliphatic carboxylic acids is 1. The predicted molar refractivity (Wildman–Crippen MR) is 67.2 cm³/mol. The van der Waals surface area contributed by atoms with Gasteiger partial charge in [-0.2, -0.15) is 5.26 Å². The number of aromatic hydroxyl groups is 1. The summed E-state index contributed by atoms with van der Waals surface area (Å²) >= 11 is 0. The summed E-state index contributed by atoms with van der Waals surface area (Å²) in [6.45, 7) is 0. The maximum atomic E-state index is 11.6. The third kappa shape index (κ3) is 1.99. The van der Waals surface area contributed by atoms with E-state index in [1.807, 2.05) is 6.07 Å². The Bertz CT molecular complexity index is 553. The minimum absolute atomic E-state index is 0.0878. The molecule has 1 aromatic rings. The summed E-state index contributed by atoms with van der Waals surface area (Å²) < 4.78 is 4.96. The van der Waals surface area contributed by atoms with Gasteiger partial charge < -0.3 is 14.9 Å². The molecule has 0 aliphatic heterocycles. The summed E-state index contributed by atoms with van der Waals surface area (Å²) in [6, 6.07) is 4.84. The number of carbonyl (C=O) groups is 1. The van der Waals surface area contributed by atoms with Gasteiger partial charge in [0.2, 0.25) is 0 Å². The van der Waals surface area contributed by atoms with Gasteiger partial charge in [-0.05, 0) is 30.5 Å². The fourth-order valence-corrected chi connectivity index (χ4v) is 2.79. The standard InChI is InChI=1S/C14H15NO4/c1-19-12-9(8-15)6-10(7-11(12)16)14(13(17)18)4-2-3-5-14/h6-7,16H,2-5H2,1H3,(H,17,18). The Morgan fingerprint density at radius 1 is 1.42 bits per heavy atom. The zero-order chi connectivity index (χ0) is 14.0. The lowest BCUT2D eigenvalue weighted by Gasteiger charge is -2.25. The van der Waals surface area contributed by atoms with Crippen molar-refractivity contribution in [2.24, 2.45) is 0 Å². The zero-order valence-electron chi connectivity index (χ0n) is 10.6. The quantitative estimate of drug-likeness (QED) is 0.870. The van der Waals surface area contributed by atoms with Gasteiger partial charge in [0, 0.05) is 0 Å². The SMILES string of the molecule is COc1c(O)cc(C2(C(=O)O)CCCC2)cc1C#N. The van der Waals surface area contributed by atoms with Gasteiger partial charge in [-0.3, -0.25) is 4.79 Å². The second-order valence-corrected chi connectivity index (χ2v) is 4.78. The highest BCUT2D eigenvalue weighted by atomic mass is 16.5. The lowest BCUT2D eigenvalue weighted by molar-refractivity contribution is -0.143. The van der Waals surface area contributed by atoms with Gasteiger partial charge >= 0.3 is 5.97 Å². The maximum absolute atomic E-state index is 11.6. The molecule has 1 aliphatic rings. The van der Waals surface area contributed by atoms with Crippen molar-refractivity contribution in [2.75, 3.05) is 7.11 Å². The fourth-order valence-electron chi connectivity index (χ4n) is 2.79. The van der Waals surface area contributed by atoms with Gasteiger partial charge in [0.15, 0.2) is 11.5 Å². The molecule has 2 rings (SSSR count). The molecule has 0 atom stereocenters. The molecule has 0 spiro atoms. The van der Waals surface area contributed by atoms with E-state index < -0.39 is 11.4 Å². The average molecular weight is 261 g/mol. The van der Waals surface area contributed by atoms with E-state index in [1.54, 1.807) is 0 Å². The van der Waals surface area contributed by atoms with Crippen LogP contribution >= 0.6 is 0 Å². The third-order valence-electron chi connectivity index (χ3n) is 3.81. The van der Waals surface area contributed by atoms with Gasteiger partial charge in [-0.1, -0.05) is 12.8 Å². The average Bonchev–Trinajstić information content (AvgIpc) is 2.88. The van der Waals surface area contributed by atoms with E-state index >= 15 is 0 Å². The minimum Gasteiger partial charge on any atom is -0.504 e. The third-order valence-corrected chi connectivity index (χ3v) is 3.81. The van der Waals surface area contributed by atoms with Crippen LogP contribution in [0, 0.1) is 11.3 Å². The molecule has 0 bridgehead atoms. The monoisotopic (exact) mass is 261 g/mol. The molecule has 100 valence electrons. The van der Waals surface area contributed by atoms with Crippen LogP contribution in [0.25, 0.3) is 0 Å². The van der Waals surface area contributed by atoms with Crippen LogP contribution in [0.2, 0.25) is 0 Å². The molecule has 19 heavy (non-hydrogen) atoms. The summed E-state index contributed by atoms with van der Waals surface area (Å²) in [7, 11) is 1.36. The first-order valence-corrected chi connectivity index (χ1v) is 6.10. The topological polar surface area (TPSA) is 90.6 Å². The van der Waals surface area contributed by atoms with Crippen LogP contribution in [-0.2, 0) is 10.2 Å². The number of hydrogen-bond acceptors (Lipinski definition) is 4. The predicted octanol–water partition coefficient (Wildman–Crippen LogP) is 2.17. The second kappa shape index (κ2) is 4.81. The Morgan fingerprint density at radius 3 is 2.53 bits per heavy atom. The Balaban J connectivity index is 2.60. The first-order chi connectivity index (χ1) is 9.05. The zero-order valence-corrected chi connectivity index (χ0v) is 10.6. The fraction of sp³-hybridized carbons (Fsp3) is 0.429. The van der Waals surface area contributed by atoms with Crippen LogP contribution in [-0.4, -0.2) is 23.3 Å². The summed E-state index contributed by atoms with van der Waals surface area (Å²) in [4.78, 5) is 11.6. The van der Waals surface area contributed by atoms with E-state index in [0.717, 1.165) is 12.8 Å². The van der Waals surface area contributed by atoms with Crippen molar-refractivity contribution in [3.05, 3.63) is 23.3 Å². The van der Waals surface area contributed by atoms with Gasteiger partial charge in [-0.25, -0.2) is 0 Å². The minimum atomic E-state index is -0.991. The Morgan fingerprint density at radius 2 is 2.05 bits per heavy atom. The molecule has 0 saturated heterocycles. The van der Waals surface area contributed by atoms with Crippen LogP contribution in [0.3, 0.4) is 0 Å². The van der Waals surface area contributed by atoms with Gasteiger partial charge in [0.1, 0.15) is 6.07 Å². The molecule has 1 aromatic carbocycles. The Labute approximate surface area is 111 Å². The van der Waals surface area contributed by atoms with E-state index in [1.165, 1.54) is 19.2 Å². The molecule has 1 aliphatic carbocycles. The van der Waals surface area contributed by atoms with E-state index in [4.69, 9.17) is 10.00 Å². The van der Waals surface area contributed by atoms with Crippen LogP contribution in [0.1, 0.15) is 36.8 Å². The van der Waals surface area contributed by atoms with Crippen LogP contribution in [0.4, 0.5) is 0 Å². The number of rotatable bonds is 3. The van der Waals surface area contributed by atoms with Gasteiger partial charge in [-0.15, -0.1) is 0 Å². The number of carboxylic acid groups (broad SMARTS) is 1. The van der Waals surface area contributed by atoms with Crippen molar-refractivity contribution < 1.29 is 19.7 Å². The highest BCUT2D eigenvalue weighted by Crippen LogP contribution is 2.44.